The molecule has 2 aromatic rings. The van der Waals surface area contributed by atoms with Gasteiger partial charge in [-0.1, -0.05) is 25.1 Å². The zero-order valence-corrected chi connectivity index (χ0v) is 14.1. The first-order valence-electron chi connectivity index (χ1n) is 8.43. The van der Waals surface area contributed by atoms with Gasteiger partial charge in [0.25, 0.3) is 0 Å². The van der Waals surface area contributed by atoms with Crippen LogP contribution in [0.1, 0.15) is 62.5 Å². The predicted octanol–water partition coefficient (Wildman–Crippen LogP) is 3.02. The molecule has 0 aromatic carbocycles. The summed E-state index contributed by atoms with van der Waals surface area (Å²) >= 11 is 0. The molecule has 3 rings (SSSR count). The van der Waals surface area contributed by atoms with Gasteiger partial charge in [0.15, 0.2) is 5.82 Å². The minimum Gasteiger partial charge on any atom is -0.339 e. The van der Waals surface area contributed by atoms with Gasteiger partial charge in [-0.2, -0.15) is 4.98 Å². The number of nitrogens with zero attached hydrogens (tertiary/aromatic N) is 4. The summed E-state index contributed by atoms with van der Waals surface area (Å²) in [6.07, 6.45) is 4.82. The molecule has 1 unspecified atom stereocenters. The first kappa shape index (κ1) is 16.4. The number of rotatable bonds is 4. The van der Waals surface area contributed by atoms with Crippen LogP contribution in [0.15, 0.2) is 28.9 Å². The molecule has 3 heterocycles. The van der Waals surface area contributed by atoms with Gasteiger partial charge in [-0.3, -0.25) is 4.98 Å². The van der Waals surface area contributed by atoms with Gasteiger partial charge in [0, 0.05) is 18.7 Å². The third-order valence-electron chi connectivity index (χ3n) is 4.17. The largest absolute Gasteiger partial charge is 0.339 e. The number of hydrogen-bond donors (Lipinski definition) is 1. The Labute approximate surface area is 141 Å². The second kappa shape index (κ2) is 7.42. The predicted molar refractivity (Wildman–Crippen MR) is 88.2 cm³/mol. The average molecular weight is 329 g/mol. The third kappa shape index (κ3) is 3.72. The van der Waals surface area contributed by atoms with Crippen LogP contribution < -0.4 is 5.32 Å². The fraction of sp³-hybridized carbons (Fsp3) is 0.529. The van der Waals surface area contributed by atoms with Crippen molar-refractivity contribution in [1.29, 1.82) is 0 Å². The number of nitrogens with one attached hydrogen (secondary N) is 1. The number of hydrogen-bond acceptors (Lipinski definition) is 5. The summed E-state index contributed by atoms with van der Waals surface area (Å²) < 4.78 is 5.16. The Morgan fingerprint density at radius 2 is 2.29 bits per heavy atom. The van der Waals surface area contributed by atoms with Gasteiger partial charge < -0.3 is 14.7 Å². The molecule has 1 fully saturated rings. The Balaban J connectivity index is 1.63. The molecule has 0 radical (unpaired) electrons. The van der Waals surface area contributed by atoms with E-state index in [1.54, 1.807) is 6.20 Å². The molecule has 128 valence electrons. The van der Waals surface area contributed by atoms with Crippen molar-refractivity contribution in [3.63, 3.8) is 0 Å². The van der Waals surface area contributed by atoms with Crippen molar-refractivity contribution in [1.82, 2.24) is 25.3 Å². The van der Waals surface area contributed by atoms with Gasteiger partial charge in [0.05, 0.1) is 18.3 Å². The molecule has 0 aliphatic carbocycles. The zero-order valence-electron chi connectivity index (χ0n) is 14.1. The van der Waals surface area contributed by atoms with E-state index in [1.165, 1.54) is 0 Å². The van der Waals surface area contributed by atoms with E-state index >= 15 is 0 Å². The zero-order chi connectivity index (χ0) is 16.9. The summed E-state index contributed by atoms with van der Waals surface area (Å²) in [5.41, 5.74) is 0.939. The average Bonchev–Trinajstić information content (AvgIpc) is 3.10. The maximum absolute atomic E-state index is 12.6. The normalized spacial score (nSPS) is 18.0. The van der Waals surface area contributed by atoms with Crippen LogP contribution in [0.3, 0.4) is 0 Å². The number of likely N-dealkylation sites (tertiary alicyclic amines) is 1. The quantitative estimate of drug-likeness (QED) is 0.932. The molecule has 7 nitrogen and oxygen atoms in total. The molecule has 0 saturated carbocycles. The lowest BCUT2D eigenvalue weighted by molar-refractivity contribution is 0.149. The standard InChI is InChI=1S/C17H23N5O2/c1-12(2)16-20-15(21-24-16)11-19-17(23)22-10-6-4-8-14(22)13-7-3-5-9-18-13/h3,5,7,9,12,14H,4,6,8,10-11H2,1-2H3,(H,19,23). The first-order chi connectivity index (χ1) is 11.6. The van der Waals surface area contributed by atoms with E-state index < -0.39 is 0 Å². The lowest BCUT2D eigenvalue weighted by Crippen LogP contribution is -2.44. The van der Waals surface area contributed by atoms with Crippen molar-refractivity contribution >= 4 is 6.03 Å². The number of aromatic nitrogens is 3. The molecule has 1 N–H and O–H groups in total. The lowest BCUT2D eigenvalue weighted by atomic mass is 9.99. The van der Waals surface area contributed by atoms with Crippen molar-refractivity contribution in [2.24, 2.45) is 0 Å². The SMILES string of the molecule is CC(C)c1nc(CNC(=O)N2CCCCC2c2ccccn2)no1. The van der Waals surface area contributed by atoms with E-state index in [1.807, 2.05) is 36.9 Å². The van der Waals surface area contributed by atoms with E-state index in [2.05, 4.69) is 20.4 Å². The van der Waals surface area contributed by atoms with E-state index in [-0.39, 0.29) is 24.5 Å². The van der Waals surface area contributed by atoms with Crippen molar-refractivity contribution in [3.05, 3.63) is 41.8 Å². The van der Waals surface area contributed by atoms with Gasteiger partial charge in [-0.15, -0.1) is 0 Å². The van der Waals surface area contributed by atoms with Crippen LogP contribution in [0.4, 0.5) is 4.79 Å². The molecule has 0 spiro atoms. The molecule has 1 aliphatic heterocycles. The topological polar surface area (TPSA) is 84.2 Å². The highest BCUT2D eigenvalue weighted by atomic mass is 16.5. The van der Waals surface area contributed by atoms with Crippen LogP contribution in [0.2, 0.25) is 0 Å². The van der Waals surface area contributed by atoms with E-state index in [9.17, 15) is 4.79 Å². The third-order valence-corrected chi connectivity index (χ3v) is 4.17. The maximum atomic E-state index is 12.6. The summed E-state index contributed by atoms with van der Waals surface area (Å²) in [5.74, 6) is 1.26. The molecule has 1 saturated heterocycles. The molecule has 2 amide bonds. The van der Waals surface area contributed by atoms with Crippen molar-refractivity contribution in [3.8, 4) is 0 Å². The van der Waals surface area contributed by atoms with Crippen LogP contribution >= 0.6 is 0 Å². The fourth-order valence-electron chi connectivity index (χ4n) is 2.89. The number of piperidine rings is 1. The smallest absolute Gasteiger partial charge is 0.318 e. The van der Waals surface area contributed by atoms with Gasteiger partial charge in [-0.05, 0) is 31.4 Å². The van der Waals surface area contributed by atoms with E-state index in [0.29, 0.717) is 11.7 Å². The van der Waals surface area contributed by atoms with Crippen LogP contribution in [-0.2, 0) is 6.54 Å². The molecule has 1 atom stereocenters. The summed E-state index contributed by atoms with van der Waals surface area (Å²) in [6, 6.07) is 5.74. The number of carbonyl (C=O) groups is 1. The van der Waals surface area contributed by atoms with Crippen molar-refractivity contribution < 1.29 is 9.32 Å². The van der Waals surface area contributed by atoms with E-state index in [4.69, 9.17) is 4.52 Å². The summed E-state index contributed by atoms with van der Waals surface area (Å²) in [4.78, 5) is 23.1. The number of urea groups is 1. The van der Waals surface area contributed by atoms with Crippen LogP contribution in [-0.4, -0.2) is 32.6 Å². The molecule has 24 heavy (non-hydrogen) atoms. The number of amides is 2. The molecule has 7 heteroatoms. The maximum Gasteiger partial charge on any atom is 0.318 e. The molecule has 0 bridgehead atoms. The molecular weight excluding hydrogens is 306 g/mol. The minimum absolute atomic E-state index is 0.0245. The Morgan fingerprint density at radius 3 is 3.00 bits per heavy atom. The Hall–Kier alpha value is -2.44. The Morgan fingerprint density at radius 1 is 1.42 bits per heavy atom. The van der Waals surface area contributed by atoms with Gasteiger partial charge in [0.2, 0.25) is 5.89 Å². The fourth-order valence-corrected chi connectivity index (χ4v) is 2.89. The number of carbonyl (C=O) groups excluding carboxylic acids is 1. The highest BCUT2D eigenvalue weighted by molar-refractivity contribution is 5.74. The number of pyridine rings is 1. The highest BCUT2D eigenvalue weighted by Crippen LogP contribution is 2.29. The lowest BCUT2D eigenvalue weighted by Gasteiger charge is -2.35. The molecular formula is C17H23N5O2. The van der Waals surface area contributed by atoms with Gasteiger partial charge >= 0.3 is 6.03 Å². The minimum atomic E-state index is -0.110. The van der Waals surface area contributed by atoms with Crippen molar-refractivity contribution in [2.75, 3.05) is 6.54 Å². The van der Waals surface area contributed by atoms with Crippen LogP contribution in [0, 0.1) is 0 Å². The Kier molecular flexibility index (Phi) is 5.08. The Bertz CT molecular complexity index is 671. The molecule has 2 aromatic heterocycles. The second-order valence-electron chi connectivity index (χ2n) is 6.32. The summed E-state index contributed by atoms with van der Waals surface area (Å²) in [7, 11) is 0. The van der Waals surface area contributed by atoms with E-state index in [0.717, 1.165) is 31.5 Å². The van der Waals surface area contributed by atoms with Gasteiger partial charge in [-0.25, -0.2) is 4.79 Å². The van der Waals surface area contributed by atoms with Crippen LogP contribution in [0.25, 0.3) is 0 Å². The van der Waals surface area contributed by atoms with Crippen molar-refractivity contribution in [2.45, 2.75) is 51.6 Å². The van der Waals surface area contributed by atoms with Gasteiger partial charge in [0.1, 0.15) is 0 Å². The highest BCUT2D eigenvalue weighted by Gasteiger charge is 2.28. The molecule has 1 aliphatic rings. The summed E-state index contributed by atoms with van der Waals surface area (Å²) in [6.45, 7) is 4.97. The van der Waals surface area contributed by atoms with Crippen LogP contribution in [0.5, 0.6) is 0 Å². The second-order valence-corrected chi connectivity index (χ2v) is 6.32. The monoisotopic (exact) mass is 329 g/mol. The summed E-state index contributed by atoms with van der Waals surface area (Å²) in [5, 5.41) is 6.79. The first-order valence-corrected chi connectivity index (χ1v) is 8.43.